The molecule has 1 amide bonds. The van der Waals surface area contributed by atoms with Crippen molar-refractivity contribution in [1.82, 2.24) is 19.4 Å². The number of carbonyl (C=O) groups excluding carboxylic acids is 1. The lowest BCUT2D eigenvalue weighted by Gasteiger charge is -2.32. The topological polar surface area (TPSA) is 65.2 Å². The molecule has 0 radical (unpaired) electrons. The molecule has 38 heavy (non-hydrogen) atoms. The van der Waals surface area contributed by atoms with Crippen LogP contribution in [0.1, 0.15) is 59.7 Å². The second-order valence-electron chi connectivity index (χ2n) is 10.4. The maximum atomic E-state index is 14.3. The zero-order chi connectivity index (χ0) is 26.8. The molecular weight excluding hydrogens is 477 g/mol. The van der Waals surface area contributed by atoms with Crippen molar-refractivity contribution in [2.24, 2.45) is 0 Å². The minimum absolute atomic E-state index is 0.00767. The third-order valence-corrected chi connectivity index (χ3v) is 7.70. The van der Waals surface area contributed by atoms with E-state index in [0.29, 0.717) is 22.7 Å². The summed E-state index contributed by atoms with van der Waals surface area (Å²) in [4.78, 5) is 21.8. The molecule has 1 fully saturated rings. The van der Waals surface area contributed by atoms with Gasteiger partial charge in [-0.3, -0.25) is 14.7 Å². The van der Waals surface area contributed by atoms with Gasteiger partial charge in [0, 0.05) is 37.4 Å². The predicted octanol–water partition coefficient (Wildman–Crippen LogP) is 5.90. The Hall–Kier alpha value is -4.02. The summed E-state index contributed by atoms with van der Waals surface area (Å²) in [6.07, 6.45) is 7.78. The molecule has 0 aliphatic carbocycles. The SMILES string of the molecule is CC(C)N(C)C(=O)c1cc(F)ccc1-n1cc(C2CCN(Cc3ccc(C#N)cc3)CC2)c2ccncc21. The first kappa shape index (κ1) is 25.6. The molecule has 0 atom stereocenters. The van der Waals surface area contributed by atoms with Crippen molar-refractivity contribution in [3.63, 3.8) is 0 Å². The van der Waals surface area contributed by atoms with Gasteiger partial charge in [-0.1, -0.05) is 12.1 Å². The summed E-state index contributed by atoms with van der Waals surface area (Å²) in [6.45, 7) is 6.70. The third kappa shape index (κ3) is 5.05. The van der Waals surface area contributed by atoms with E-state index in [2.05, 4.69) is 22.1 Å². The van der Waals surface area contributed by atoms with Crippen LogP contribution in [-0.2, 0) is 6.54 Å². The van der Waals surface area contributed by atoms with Gasteiger partial charge in [-0.15, -0.1) is 0 Å². The number of piperidine rings is 1. The number of fused-ring (bicyclic) bond motifs is 1. The van der Waals surface area contributed by atoms with Crippen molar-refractivity contribution in [3.05, 3.63) is 95.2 Å². The van der Waals surface area contributed by atoms with Crippen molar-refractivity contribution in [2.45, 2.75) is 45.2 Å². The third-order valence-electron chi connectivity index (χ3n) is 7.70. The van der Waals surface area contributed by atoms with Gasteiger partial charge in [0.1, 0.15) is 5.82 Å². The van der Waals surface area contributed by atoms with E-state index in [1.165, 1.54) is 23.3 Å². The number of amides is 1. The number of nitriles is 1. The van der Waals surface area contributed by atoms with E-state index in [1.54, 1.807) is 24.2 Å². The number of nitrogens with zero attached hydrogens (tertiary/aromatic N) is 5. The predicted molar refractivity (Wildman–Crippen MR) is 147 cm³/mol. The average Bonchev–Trinajstić information content (AvgIpc) is 3.32. The van der Waals surface area contributed by atoms with Crippen LogP contribution in [0, 0.1) is 17.1 Å². The highest BCUT2D eigenvalue weighted by Crippen LogP contribution is 2.36. The lowest BCUT2D eigenvalue weighted by atomic mass is 9.89. The van der Waals surface area contributed by atoms with E-state index in [1.807, 2.05) is 54.9 Å². The van der Waals surface area contributed by atoms with E-state index >= 15 is 0 Å². The second kappa shape index (κ2) is 10.8. The average molecular weight is 510 g/mol. The first-order valence-electron chi connectivity index (χ1n) is 13.1. The molecule has 0 N–H and O–H groups in total. The Morgan fingerprint density at radius 1 is 1.16 bits per heavy atom. The van der Waals surface area contributed by atoms with Crippen LogP contribution < -0.4 is 0 Å². The Bertz CT molecular complexity index is 1490. The van der Waals surface area contributed by atoms with Gasteiger partial charge in [0.05, 0.1) is 34.6 Å². The molecule has 2 aromatic heterocycles. The highest BCUT2D eigenvalue weighted by atomic mass is 19.1. The number of carbonyl (C=O) groups is 1. The van der Waals surface area contributed by atoms with Crippen LogP contribution in [0.3, 0.4) is 0 Å². The first-order chi connectivity index (χ1) is 18.4. The van der Waals surface area contributed by atoms with E-state index in [-0.39, 0.29) is 11.9 Å². The molecule has 2 aromatic carbocycles. The number of aromatic nitrogens is 2. The fraction of sp³-hybridized carbons (Fsp3) is 0.323. The van der Waals surface area contributed by atoms with Crippen LogP contribution in [-0.4, -0.2) is 51.4 Å². The van der Waals surface area contributed by atoms with Crippen molar-refractivity contribution in [1.29, 1.82) is 5.26 Å². The quantitative estimate of drug-likeness (QED) is 0.325. The molecule has 194 valence electrons. The smallest absolute Gasteiger partial charge is 0.256 e. The fourth-order valence-electron chi connectivity index (χ4n) is 5.28. The van der Waals surface area contributed by atoms with Gasteiger partial charge >= 0.3 is 0 Å². The molecular formula is C31H32FN5O. The van der Waals surface area contributed by atoms with Crippen LogP contribution in [0.2, 0.25) is 0 Å². The van der Waals surface area contributed by atoms with Crippen molar-refractivity contribution < 1.29 is 9.18 Å². The Kier molecular flexibility index (Phi) is 7.26. The molecule has 0 spiro atoms. The molecule has 6 nitrogen and oxygen atoms in total. The zero-order valence-electron chi connectivity index (χ0n) is 22.1. The molecule has 0 saturated carbocycles. The van der Waals surface area contributed by atoms with E-state index < -0.39 is 5.82 Å². The minimum Gasteiger partial charge on any atom is -0.339 e. The van der Waals surface area contributed by atoms with Crippen LogP contribution in [0.4, 0.5) is 4.39 Å². The molecule has 1 saturated heterocycles. The lowest BCUT2D eigenvalue weighted by Crippen LogP contribution is -2.33. The van der Waals surface area contributed by atoms with E-state index in [9.17, 15) is 9.18 Å². The van der Waals surface area contributed by atoms with Crippen molar-refractivity contribution in [2.75, 3.05) is 20.1 Å². The fourth-order valence-corrected chi connectivity index (χ4v) is 5.28. The van der Waals surface area contributed by atoms with Gasteiger partial charge in [-0.2, -0.15) is 5.26 Å². The molecule has 0 bridgehead atoms. The van der Waals surface area contributed by atoms with Crippen molar-refractivity contribution >= 4 is 16.8 Å². The van der Waals surface area contributed by atoms with Gasteiger partial charge in [-0.25, -0.2) is 4.39 Å². The summed E-state index contributed by atoms with van der Waals surface area (Å²) in [7, 11) is 1.74. The summed E-state index contributed by atoms with van der Waals surface area (Å²) >= 11 is 0. The van der Waals surface area contributed by atoms with Crippen LogP contribution >= 0.6 is 0 Å². The van der Waals surface area contributed by atoms with Gasteiger partial charge in [0.2, 0.25) is 0 Å². The van der Waals surface area contributed by atoms with E-state index in [0.717, 1.165) is 43.4 Å². The zero-order valence-corrected chi connectivity index (χ0v) is 22.1. The highest BCUT2D eigenvalue weighted by Gasteiger charge is 2.26. The number of benzene rings is 2. The summed E-state index contributed by atoms with van der Waals surface area (Å²) < 4.78 is 16.3. The number of hydrogen-bond donors (Lipinski definition) is 0. The molecule has 4 aromatic rings. The van der Waals surface area contributed by atoms with Gasteiger partial charge in [-0.05, 0) is 93.2 Å². The Labute approximate surface area is 222 Å². The number of pyridine rings is 1. The number of rotatable bonds is 6. The van der Waals surface area contributed by atoms with Crippen LogP contribution in [0.15, 0.2) is 67.1 Å². The van der Waals surface area contributed by atoms with Gasteiger partial charge in [0.25, 0.3) is 5.91 Å². The second-order valence-corrected chi connectivity index (χ2v) is 10.4. The first-order valence-corrected chi connectivity index (χ1v) is 13.1. The van der Waals surface area contributed by atoms with Crippen LogP contribution in [0.25, 0.3) is 16.6 Å². The summed E-state index contributed by atoms with van der Waals surface area (Å²) in [5.74, 6) is -0.270. The van der Waals surface area contributed by atoms with Gasteiger partial charge < -0.3 is 9.47 Å². The minimum atomic E-state index is -0.432. The summed E-state index contributed by atoms with van der Waals surface area (Å²) in [5, 5.41) is 10.2. The molecule has 1 aliphatic rings. The Balaban J connectivity index is 1.43. The Morgan fingerprint density at radius 3 is 2.58 bits per heavy atom. The number of hydrogen-bond acceptors (Lipinski definition) is 4. The molecule has 7 heteroatoms. The largest absolute Gasteiger partial charge is 0.339 e. The standard InChI is InChI=1S/C31H32FN5O/c1-21(2)35(3)31(38)27-16-25(32)8-9-29(27)37-20-28(26-10-13-34-18-30(26)37)24-11-14-36(15-12-24)19-23-6-4-22(17-33)5-7-23/h4-10,13,16,18,20-21,24H,11-12,14-15,19H2,1-3H3. The van der Waals surface area contributed by atoms with Crippen LogP contribution in [0.5, 0.6) is 0 Å². The van der Waals surface area contributed by atoms with E-state index in [4.69, 9.17) is 5.26 Å². The molecule has 5 rings (SSSR count). The Morgan fingerprint density at radius 2 is 1.89 bits per heavy atom. The van der Waals surface area contributed by atoms with Gasteiger partial charge in [0.15, 0.2) is 0 Å². The number of likely N-dealkylation sites (tertiary alicyclic amines) is 1. The number of halogens is 1. The molecule has 0 unspecified atom stereocenters. The van der Waals surface area contributed by atoms with Crippen molar-refractivity contribution in [3.8, 4) is 11.8 Å². The molecule has 1 aliphatic heterocycles. The monoisotopic (exact) mass is 509 g/mol. The maximum Gasteiger partial charge on any atom is 0.256 e. The lowest BCUT2D eigenvalue weighted by molar-refractivity contribution is 0.0754. The normalized spacial score (nSPS) is 14.6. The molecule has 3 heterocycles. The summed E-state index contributed by atoms with van der Waals surface area (Å²) in [6, 6.07) is 16.4. The maximum absolute atomic E-state index is 14.3. The summed E-state index contributed by atoms with van der Waals surface area (Å²) in [5.41, 5.74) is 5.04. The highest BCUT2D eigenvalue weighted by molar-refractivity contribution is 5.99.